The number of hydrogen-bond donors (Lipinski definition) is 1. The van der Waals surface area contributed by atoms with E-state index in [2.05, 4.69) is 46.4 Å². The molecule has 1 heterocycles. The number of hydrogen-bond acceptors (Lipinski definition) is 2. The van der Waals surface area contributed by atoms with Gasteiger partial charge >= 0.3 is 0 Å². The zero-order valence-corrected chi connectivity index (χ0v) is 9.91. The molecule has 0 amide bonds. The van der Waals surface area contributed by atoms with Crippen LogP contribution in [0.2, 0.25) is 0 Å². The summed E-state index contributed by atoms with van der Waals surface area (Å²) in [6.07, 6.45) is 1.19. The normalized spacial score (nSPS) is 20.6. The van der Waals surface area contributed by atoms with Crippen molar-refractivity contribution in [1.29, 1.82) is 0 Å². The van der Waals surface area contributed by atoms with Crippen molar-refractivity contribution in [1.82, 2.24) is 0 Å². The zero-order valence-electron chi connectivity index (χ0n) is 7.51. The van der Waals surface area contributed by atoms with Gasteiger partial charge < -0.3 is 5.32 Å². The van der Waals surface area contributed by atoms with Crippen molar-refractivity contribution in [2.24, 2.45) is 0 Å². The minimum absolute atomic E-state index is 0.621. The quantitative estimate of drug-likeness (QED) is 0.823. The molecule has 0 saturated carbocycles. The summed E-state index contributed by atoms with van der Waals surface area (Å²) in [5, 5.41) is 3.55. The largest absolute Gasteiger partial charge is 0.380 e. The molecule has 3 heteroatoms. The van der Waals surface area contributed by atoms with Gasteiger partial charge in [0.1, 0.15) is 0 Å². The number of fused-ring (bicyclic) bond motifs is 1. The summed E-state index contributed by atoms with van der Waals surface area (Å²) in [5.74, 6) is 1.18. The molecule has 1 atom stereocenters. The lowest BCUT2D eigenvalue weighted by Crippen LogP contribution is -2.25. The minimum Gasteiger partial charge on any atom is -0.380 e. The van der Waals surface area contributed by atoms with Crippen LogP contribution in [0.25, 0.3) is 0 Å². The fourth-order valence-corrected chi connectivity index (χ4v) is 3.22. The predicted octanol–water partition coefficient (Wildman–Crippen LogP) is 3.75. The van der Waals surface area contributed by atoms with Gasteiger partial charge in [-0.25, -0.2) is 0 Å². The smallest absolute Gasteiger partial charge is 0.0625 e. The van der Waals surface area contributed by atoms with E-state index in [1.807, 2.05) is 11.8 Å². The molecule has 1 aromatic rings. The topological polar surface area (TPSA) is 12.0 Å². The van der Waals surface area contributed by atoms with E-state index in [-0.39, 0.29) is 0 Å². The molecule has 1 aromatic carbocycles. The highest BCUT2D eigenvalue weighted by molar-refractivity contribution is 9.10. The van der Waals surface area contributed by atoms with Crippen LogP contribution in [0.1, 0.15) is 13.3 Å². The van der Waals surface area contributed by atoms with Crippen molar-refractivity contribution in [3.8, 4) is 0 Å². The second-order valence-corrected chi connectivity index (χ2v) is 5.09. The number of anilines is 1. The summed E-state index contributed by atoms with van der Waals surface area (Å²) in [7, 11) is 0. The lowest BCUT2D eigenvalue weighted by atomic mass is 10.2. The van der Waals surface area contributed by atoms with Gasteiger partial charge in [0.2, 0.25) is 0 Å². The Labute approximate surface area is 91.4 Å². The summed E-state index contributed by atoms with van der Waals surface area (Å²) >= 11 is 5.51. The van der Waals surface area contributed by atoms with Gasteiger partial charge in [-0.2, -0.15) is 0 Å². The predicted molar refractivity (Wildman–Crippen MR) is 62.6 cm³/mol. The Morgan fingerprint density at radius 2 is 2.46 bits per heavy atom. The van der Waals surface area contributed by atoms with E-state index < -0.39 is 0 Å². The number of para-hydroxylation sites is 1. The Balaban J connectivity index is 2.32. The lowest BCUT2D eigenvalue weighted by molar-refractivity contribution is 0.763. The third-order valence-electron chi connectivity index (χ3n) is 2.26. The first kappa shape index (κ1) is 9.41. The van der Waals surface area contributed by atoms with Gasteiger partial charge in [0.25, 0.3) is 0 Å². The van der Waals surface area contributed by atoms with Gasteiger partial charge in [-0.1, -0.05) is 13.0 Å². The SMILES string of the molecule is CCC1CSc2cccc(Br)c2N1. The second-order valence-electron chi connectivity index (χ2n) is 3.17. The van der Waals surface area contributed by atoms with Crippen molar-refractivity contribution in [2.75, 3.05) is 11.1 Å². The first-order chi connectivity index (χ1) is 6.31. The standard InChI is InChI=1S/C10H12BrNS/c1-2-7-6-13-9-5-3-4-8(11)10(9)12-7/h3-5,7,12H,2,6H2,1H3. The van der Waals surface area contributed by atoms with Crippen LogP contribution in [0.15, 0.2) is 27.6 Å². The molecule has 0 aromatic heterocycles. The fraction of sp³-hybridized carbons (Fsp3) is 0.400. The molecule has 0 saturated heterocycles. The van der Waals surface area contributed by atoms with Crippen LogP contribution in [0.3, 0.4) is 0 Å². The van der Waals surface area contributed by atoms with E-state index in [4.69, 9.17) is 0 Å². The number of nitrogens with one attached hydrogen (secondary N) is 1. The highest BCUT2D eigenvalue weighted by Crippen LogP contribution is 2.38. The van der Waals surface area contributed by atoms with Crippen LogP contribution in [-0.4, -0.2) is 11.8 Å². The Morgan fingerprint density at radius 3 is 3.23 bits per heavy atom. The maximum absolute atomic E-state index is 3.56. The summed E-state index contributed by atoms with van der Waals surface area (Å²) in [6.45, 7) is 2.22. The molecule has 1 N–H and O–H groups in total. The van der Waals surface area contributed by atoms with E-state index in [0.717, 1.165) is 0 Å². The van der Waals surface area contributed by atoms with Crippen molar-refractivity contribution in [3.05, 3.63) is 22.7 Å². The maximum atomic E-state index is 3.56. The van der Waals surface area contributed by atoms with Gasteiger partial charge in [-0.3, -0.25) is 0 Å². The van der Waals surface area contributed by atoms with Gasteiger partial charge in [0, 0.05) is 21.2 Å². The van der Waals surface area contributed by atoms with Gasteiger partial charge in [-0.05, 0) is 34.5 Å². The van der Waals surface area contributed by atoms with E-state index in [9.17, 15) is 0 Å². The van der Waals surface area contributed by atoms with Crippen molar-refractivity contribution < 1.29 is 0 Å². The molecule has 0 aliphatic carbocycles. The monoisotopic (exact) mass is 257 g/mol. The molecule has 0 fully saturated rings. The second kappa shape index (κ2) is 3.93. The van der Waals surface area contributed by atoms with Crippen LogP contribution in [-0.2, 0) is 0 Å². The number of thioether (sulfide) groups is 1. The van der Waals surface area contributed by atoms with E-state index >= 15 is 0 Å². The van der Waals surface area contributed by atoms with Gasteiger partial charge in [-0.15, -0.1) is 11.8 Å². The first-order valence-corrected chi connectivity index (χ1v) is 6.27. The molecule has 13 heavy (non-hydrogen) atoms. The summed E-state index contributed by atoms with van der Waals surface area (Å²) in [6, 6.07) is 6.97. The van der Waals surface area contributed by atoms with Crippen LogP contribution in [0.5, 0.6) is 0 Å². The molecular formula is C10H12BrNS. The highest BCUT2D eigenvalue weighted by Gasteiger charge is 2.17. The molecule has 1 nitrogen and oxygen atoms in total. The van der Waals surface area contributed by atoms with E-state index in [1.54, 1.807) is 0 Å². The molecule has 1 unspecified atom stereocenters. The van der Waals surface area contributed by atoms with Crippen LogP contribution in [0.4, 0.5) is 5.69 Å². The molecule has 0 spiro atoms. The third-order valence-corrected chi connectivity index (χ3v) is 4.14. The van der Waals surface area contributed by atoms with E-state index in [1.165, 1.54) is 27.2 Å². The molecule has 1 aliphatic rings. The Bertz CT molecular complexity index is 314. The van der Waals surface area contributed by atoms with Crippen LogP contribution < -0.4 is 5.32 Å². The number of benzene rings is 1. The lowest BCUT2D eigenvalue weighted by Gasteiger charge is -2.26. The molecule has 2 rings (SSSR count). The average Bonchev–Trinajstić information content (AvgIpc) is 2.18. The first-order valence-electron chi connectivity index (χ1n) is 4.49. The highest BCUT2D eigenvalue weighted by atomic mass is 79.9. The minimum atomic E-state index is 0.621. The fourth-order valence-electron chi connectivity index (χ4n) is 1.42. The summed E-state index contributed by atoms with van der Waals surface area (Å²) < 4.78 is 1.18. The maximum Gasteiger partial charge on any atom is 0.0625 e. The average molecular weight is 258 g/mol. The number of halogens is 1. The molecule has 70 valence electrons. The van der Waals surface area contributed by atoms with Crippen LogP contribution >= 0.6 is 27.7 Å². The Morgan fingerprint density at radius 1 is 1.62 bits per heavy atom. The van der Waals surface area contributed by atoms with Gasteiger partial charge in [0.15, 0.2) is 0 Å². The molecule has 0 bridgehead atoms. The third kappa shape index (κ3) is 1.86. The molecule has 0 radical (unpaired) electrons. The Kier molecular flexibility index (Phi) is 2.84. The Hall–Kier alpha value is -0.150. The van der Waals surface area contributed by atoms with Crippen molar-refractivity contribution in [2.45, 2.75) is 24.3 Å². The van der Waals surface area contributed by atoms with Crippen molar-refractivity contribution in [3.63, 3.8) is 0 Å². The number of rotatable bonds is 1. The summed E-state index contributed by atoms with van der Waals surface area (Å²) in [4.78, 5) is 1.36. The van der Waals surface area contributed by atoms with Crippen LogP contribution in [0, 0.1) is 0 Å². The molecular weight excluding hydrogens is 246 g/mol. The van der Waals surface area contributed by atoms with Crippen molar-refractivity contribution >= 4 is 33.4 Å². The zero-order chi connectivity index (χ0) is 9.26. The van der Waals surface area contributed by atoms with Gasteiger partial charge in [0.05, 0.1) is 5.69 Å². The van der Waals surface area contributed by atoms with E-state index in [0.29, 0.717) is 6.04 Å². The molecule has 1 aliphatic heterocycles. The summed E-state index contributed by atoms with van der Waals surface area (Å²) in [5.41, 5.74) is 1.27.